The van der Waals surface area contributed by atoms with Gasteiger partial charge in [0.2, 0.25) is 0 Å². The predicted molar refractivity (Wildman–Crippen MR) is 120 cm³/mol. The highest BCUT2D eigenvalue weighted by molar-refractivity contribution is 6.31. The van der Waals surface area contributed by atoms with Gasteiger partial charge in [-0.2, -0.15) is 13.2 Å². The number of halogens is 5. The number of hydrogen-bond donors (Lipinski definition) is 1. The maximum Gasteiger partial charge on any atom is 0.416 e. The average molecular weight is 506 g/mol. The third-order valence-electron chi connectivity index (χ3n) is 6.29. The van der Waals surface area contributed by atoms with Crippen LogP contribution in [0.1, 0.15) is 36.0 Å². The molecule has 10 heteroatoms. The van der Waals surface area contributed by atoms with Crippen LogP contribution in [-0.4, -0.2) is 42.2 Å². The van der Waals surface area contributed by atoms with Crippen molar-refractivity contribution >= 4 is 30.0 Å². The highest BCUT2D eigenvalue weighted by Crippen LogP contribution is 2.47. The largest absolute Gasteiger partial charge is 0.492 e. The van der Waals surface area contributed by atoms with Crippen molar-refractivity contribution in [1.82, 2.24) is 4.90 Å². The van der Waals surface area contributed by atoms with Crippen molar-refractivity contribution in [3.8, 4) is 11.5 Å². The number of benzene rings is 2. The van der Waals surface area contributed by atoms with Crippen molar-refractivity contribution in [3.63, 3.8) is 0 Å². The molecule has 2 aliphatic rings. The van der Waals surface area contributed by atoms with E-state index in [1.54, 1.807) is 12.1 Å². The number of carbonyl (C=O) groups is 1. The highest BCUT2D eigenvalue weighted by Gasteiger charge is 2.43. The van der Waals surface area contributed by atoms with Crippen LogP contribution in [0.5, 0.6) is 11.5 Å². The molecule has 0 aliphatic carbocycles. The van der Waals surface area contributed by atoms with E-state index < -0.39 is 17.7 Å². The molecule has 5 nitrogen and oxygen atoms in total. The van der Waals surface area contributed by atoms with Gasteiger partial charge in [-0.3, -0.25) is 4.79 Å². The van der Waals surface area contributed by atoms with Crippen LogP contribution >= 0.6 is 24.0 Å². The molecule has 0 amide bonds. The molecule has 2 aromatic carbocycles. The predicted octanol–water partition coefficient (Wildman–Crippen LogP) is 5.56. The Bertz CT molecular complexity index is 1010. The van der Waals surface area contributed by atoms with Gasteiger partial charge in [0.1, 0.15) is 18.1 Å². The van der Waals surface area contributed by atoms with Crippen LogP contribution in [-0.2, 0) is 23.0 Å². The molecule has 0 saturated carbocycles. The van der Waals surface area contributed by atoms with E-state index in [1.807, 2.05) is 6.07 Å². The summed E-state index contributed by atoms with van der Waals surface area (Å²) in [5.41, 5.74) is 0.0283. The van der Waals surface area contributed by atoms with Crippen LogP contribution in [0.15, 0.2) is 36.4 Å². The van der Waals surface area contributed by atoms with Crippen molar-refractivity contribution in [2.75, 3.05) is 26.2 Å². The molecule has 2 heterocycles. The fourth-order valence-electron chi connectivity index (χ4n) is 4.44. The highest BCUT2D eigenvalue weighted by atomic mass is 35.5. The molecule has 1 saturated heterocycles. The van der Waals surface area contributed by atoms with E-state index in [4.69, 9.17) is 26.2 Å². The molecule has 2 aromatic rings. The fraction of sp³-hybridized carbons (Fsp3) is 0.435. The van der Waals surface area contributed by atoms with Crippen molar-refractivity contribution in [3.05, 3.63) is 58.1 Å². The van der Waals surface area contributed by atoms with Gasteiger partial charge >= 0.3 is 12.1 Å². The topological polar surface area (TPSA) is 59.0 Å². The first-order valence-corrected chi connectivity index (χ1v) is 10.7. The van der Waals surface area contributed by atoms with Crippen LogP contribution in [0, 0.1) is 0 Å². The zero-order chi connectivity index (χ0) is 22.9. The molecule has 0 radical (unpaired) electrons. The quantitative estimate of drug-likeness (QED) is 0.556. The summed E-state index contributed by atoms with van der Waals surface area (Å²) in [6.45, 7) is 2.34. The molecule has 1 fully saturated rings. The normalized spacial score (nSPS) is 17.2. The van der Waals surface area contributed by atoms with Crippen molar-refractivity contribution in [1.29, 1.82) is 0 Å². The Morgan fingerprint density at radius 2 is 1.94 bits per heavy atom. The monoisotopic (exact) mass is 505 g/mol. The first kappa shape index (κ1) is 25.5. The van der Waals surface area contributed by atoms with Gasteiger partial charge in [-0.05, 0) is 44.1 Å². The minimum atomic E-state index is -4.52. The van der Waals surface area contributed by atoms with E-state index >= 15 is 0 Å². The second-order valence-electron chi connectivity index (χ2n) is 8.26. The van der Waals surface area contributed by atoms with Crippen LogP contribution < -0.4 is 9.47 Å². The number of nitrogens with zero attached hydrogens (tertiary/aromatic N) is 1. The number of carboxylic acid groups (broad SMARTS) is 1. The summed E-state index contributed by atoms with van der Waals surface area (Å²) in [7, 11) is 0. The van der Waals surface area contributed by atoms with E-state index in [-0.39, 0.29) is 41.4 Å². The minimum Gasteiger partial charge on any atom is -0.492 e. The second kappa shape index (κ2) is 9.99. The fourth-order valence-corrected chi connectivity index (χ4v) is 4.67. The van der Waals surface area contributed by atoms with E-state index in [0.717, 1.165) is 37.6 Å². The van der Waals surface area contributed by atoms with Gasteiger partial charge < -0.3 is 19.5 Å². The molecule has 1 N–H and O–H groups in total. The number of rotatable bonds is 6. The minimum absolute atomic E-state index is 0. The number of carboxylic acids is 1. The summed E-state index contributed by atoms with van der Waals surface area (Å²) in [5, 5.41) is 8.88. The standard InChI is InChI=1S/C23H23ClF3NO4.ClH/c24-19-3-1-2-17(23(25,26)27)16(19)13-31-15-4-5-18-20(12-15)32-14-22(18)7-10-28(11-8-22)9-6-21(29)30;/h1-5,12H,6-11,13-14H2,(H,29,30);1H. The molecule has 33 heavy (non-hydrogen) atoms. The number of likely N-dealkylation sites (tertiary alicyclic amines) is 1. The lowest BCUT2D eigenvalue weighted by Crippen LogP contribution is -2.44. The summed E-state index contributed by atoms with van der Waals surface area (Å²) < 4.78 is 51.4. The Morgan fingerprint density at radius 1 is 1.21 bits per heavy atom. The molecule has 0 atom stereocenters. The molecular formula is C23H24Cl2F3NO4. The third-order valence-corrected chi connectivity index (χ3v) is 6.64. The van der Waals surface area contributed by atoms with E-state index in [2.05, 4.69) is 4.90 Å². The second-order valence-corrected chi connectivity index (χ2v) is 8.67. The first-order chi connectivity index (χ1) is 15.2. The molecular weight excluding hydrogens is 482 g/mol. The smallest absolute Gasteiger partial charge is 0.416 e. The Hall–Kier alpha value is -2.16. The maximum absolute atomic E-state index is 13.3. The molecule has 4 rings (SSSR count). The molecule has 180 valence electrons. The van der Waals surface area contributed by atoms with Crippen LogP contribution in [0.2, 0.25) is 5.02 Å². The van der Waals surface area contributed by atoms with Gasteiger partial charge in [0.05, 0.1) is 18.6 Å². The van der Waals surface area contributed by atoms with Gasteiger partial charge in [0, 0.05) is 34.2 Å². The van der Waals surface area contributed by atoms with Crippen molar-refractivity contribution < 1.29 is 32.5 Å². The number of aliphatic carboxylic acids is 1. The Balaban J connectivity index is 0.00000306. The number of piperidine rings is 1. The Kier molecular flexibility index (Phi) is 7.71. The van der Waals surface area contributed by atoms with E-state index in [9.17, 15) is 18.0 Å². The molecule has 0 bridgehead atoms. The van der Waals surface area contributed by atoms with Gasteiger partial charge in [-0.1, -0.05) is 23.7 Å². The number of alkyl halides is 3. The molecule has 1 spiro atoms. The van der Waals surface area contributed by atoms with Crippen molar-refractivity contribution in [2.45, 2.75) is 37.5 Å². The molecule has 0 aromatic heterocycles. The van der Waals surface area contributed by atoms with E-state index in [0.29, 0.717) is 24.7 Å². The zero-order valence-electron chi connectivity index (χ0n) is 17.7. The summed E-state index contributed by atoms with van der Waals surface area (Å²) in [6, 6.07) is 9.05. The molecule has 2 aliphatic heterocycles. The van der Waals surface area contributed by atoms with Gasteiger partial charge in [-0.25, -0.2) is 0 Å². The number of hydrogen-bond acceptors (Lipinski definition) is 4. The van der Waals surface area contributed by atoms with E-state index in [1.165, 1.54) is 12.1 Å². The van der Waals surface area contributed by atoms with Crippen molar-refractivity contribution in [2.24, 2.45) is 0 Å². The Morgan fingerprint density at radius 3 is 2.61 bits per heavy atom. The summed E-state index contributed by atoms with van der Waals surface area (Å²) >= 11 is 6.00. The average Bonchev–Trinajstić information content (AvgIpc) is 3.09. The maximum atomic E-state index is 13.3. The summed E-state index contributed by atoms with van der Waals surface area (Å²) in [4.78, 5) is 12.9. The van der Waals surface area contributed by atoms with Crippen LogP contribution in [0.3, 0.4) is 0 Å². The third kappa shape index (κ3) is 5.50. The van der Waals surface area contributed by atoms with Crippen LogP contribution in [0.25, 0.3) is 0 Å². The first-order valence-electron chi connectivity index (χ1n) is 10.4. The lowest BCUT2D eigenvalue weighted by Gasteiger charge is -2.38. The summed E-state index contributed by atoms with van der Waals surface area (Å²) in [5.74, 6) is 0.288. The number of fused-ring (bicyclic) bond motifs is 2. The lowest BCUT2D eigenvalue weighted by atomic mass is 9.74. The van der Waals surface area contributed by atoms with Gasteiger partial charge in [-0.15, -0.1) is 12.4 Å². The molecule has 0 unspecified atom stereocenters. The Labute approximate surface area is 200 Å². The number of ether oxygens (including phenoxy) is 2. The zero-order valence-corrected chi connectivity index (χ0v) is 19.2. The van der Waals surface area contributed by atoms with Gasteiger partial charge in [0.15, 0.2) is 0 Å². The SMILES string of the molecule is Cl.O=C(O)CCN1CCC2(CC1)COc1cc(OCc3c(Cl)cccc3C(F)(F)F)ccc12. The lowest BCUT2D eigenvalue weighted by molar-refractivity contribution is -0.139. The summed E-state index contributed by atoms with van der Waals surface area (Å²) in [6.07, 6.45) is -2.68. The van der Waals surface area contributed by atoms with Gasteiger partial charge in [0.25, 0.3) is 0 Å². The van der Waals surface area contributed by atoms with Crippen LogP contribution in [0.4, 0.5) is 13.2 Å².